The van der Waals surface area contributed by atoms with Gasteiger partial charge in [0, 0.05) is 0 Å². The van der Waals surface area contributed by atoms with Crippen LogP contribution in [0.2, 0.25) is 0 Å². The Morgan fingerprint density at radius 3 is 2.40 bits per heavy atom. The van der Waals surface area contributed by atoms with Crippen LogP contribution >= 0.6 is 0 Å². The third-order valence-electron chi connectivity index (χ3n) is 2.23. The highest BCUT2D eigenvalue weighted by atomic mass is 16.7. The normalized spacial score (nSPS) is 41.5. The maximum atomic E-state index is 9.47. The van der Waals surface area contributed by atoms with Gasteiger partial charge in [0.15, 0.2) is 6.29 Å². The molecule has 4 N–H and O–H groups in total. The van der Waals surface area contributed by atoms with Gasteiger partial charge in [-0.3, -0.25) is 0 Å². The molecule has 0 amide bonds. The zero-order valence-electron chi connectivity index (χ0n) is 8.19. The number of aliphatic hydroxyl groups excluding tert-OH is 4. The first-order valence-corrected chi connectivity index (χ1v) is 4.64. The minimum Gasteiger partial charge on any atom is -0.394 e. The van der Waals surface area contributed by atoms with Gasteiger partial charge in [-0.25, -0.2) is 0 Å². The molecule has 15 heavy (non-hydrogen) atoms. The number of ether oxygens (including phenoxy) is 2. The Kier molecular flexibility index (Phi) is 4.65. The highest BCUT2D eigenvalue weighted by Gasteiger charge is 2.43. The summed E-state index contributed by atoms with van der Waals surface area (Å²) in [5, 5.41) is 37.1. The van der Waals surface area contributed by atoms with Crippen molar-refractivity contribution in [3.63, 3.8) is 0 Å². The van der Waals surface area contributed by atoms with Crippen LogP contribution in [-0.2, 0) is 9.47 Å². The Balaban J connectivity index is 2.60. The van der Waals surface area contributed by atoms with Crippen molar-refractivity contribution in [1.29, 1.82) is 0 Å². The summed E-state index contributed by atoms with van der Waals surface area (Å²) in [4.78, 5) is 0. The quantitative estimate of drug-likeness (QED) is 0.408. The molecule has 88 valence electrons. The van der Waals surface area contributed by atoms with Gasteiger partial charge in [0.1, 0.15) is 24.4 Å². The van der Waals surface area contributed by atoms with Gasteiger partial charge >= 0.3 is 0 Å². The van der Waals surface area contributed by atoms with E-state index in [-0.39, 0.29) is 6.61 Å². The SMILES string of the molecule is C=CCO[C@H]1O[C@@H](CO)[C@H](O)[C@@H](O)[C@@H]1O. The van der Waals surface area contributed by atoms with Crippen LogP contribution in [0.4, 0.5) is 0 Å². The van der Waals surface area contributed by atoms with Crippen LogP contribution in [0, 0.1) is 0 Å². The monoisotopic (exact) mass is 220 g/mol. The minimum atomic E-state index is -1.40. The van der Waals surface area contributed by atoms with Crippen LogP contribution in [-0.4, -0.2) is 64.3 Å². The molecular formula is C9H16O6. The van der Waals surface area contributed by atoms with E-state index in [4.69, 9.17) is 14.6 Å². The van der Waals surface area contributed by atoms with Crippen LogP contribution in [0.3, 0.4) is 0 Å². The fourth-order valence-electron chi connectivity index (χ4n) is 1.37. The molecule has 1 rings (SSSR count). The molecule has 0 radical (unpaired) electrons. The Hall–Kier alpha value is -0.500. The summed E-state index contributed by atoms with van der Waals surface area (Å²) in [7, 11) is 0. The minimum absolute atomic E-state index is 0.142. The lowest BCUT2D eigenvalue weighted by molar-refractivity contribution is -0.298. The lowest BCUT2D eigenvalue weighted by Gasteiger charge is -2.39. The largest absolute Gasteiger partial charge is 0.394 e. The summed E-state index contributed by atoms with van der Waals surface area (Å²) in [6.07, 6.45) is -4.64. The third kappa shape index (κ3) is 2.75. The molecule has 1 aliphatic rings. The van der Waals surface area contributed by atoms with Crippen molar-refractivity contribution >= 4 is 0 Å². The Morgan fingerprint density at radius 1 is 1.20 bits per heavy atom. The van der Waals surface area contributed by atoms with E-state index in [2.05, 4.69) is 6.58 Å². The van der Waals surface area contributed by atoms with E-state index < -0.39 is 37.3 Å². The maximum Gasteiger partial charge on any atom is 0.187 e. The standard InChI is InChI=1S/C9H16O6/c1-2-3-14-9-8(13)7(12)6(11)5(4-10)15-9/h2,5-13H,1,3-4H2/t5-,6-,7+,8-,9-/m0/s1. The molecule has 1 saturated heterocycles. The fourth-order valence-corrected chi connectivity index (χ4v) is 1.37. The second-order valence-electron chi connectivity index (χ2n) is 3.32. The maximum absolute atomic E-state index is 9.47. The van der Waals surface area contributed by atoms with Gasteiger partial charge in [-0.15, -0.1) is 6.58 Å². The summed E-state index contributed by atoms with van der Waals surface area (Å²) in [5.41, 5.74) is 0. The Morgan fingerprint density at radius 2 is 1.87 bits per heavy atom. The van der Waals surface area contributed by atoms with Crippen LogP contribution in [0.15, 0.2) is 12.7 Å². The smallest absolute Gasteiger partial charge is 0.187 e. The van der Waals surface area contributed by atoms with E-state index in [0.717, 1.165) is 0 Å². The lowest BCUT2D eigenvalue weighted by atomic mass is 9.99. The fraction of sp³-hybridized carbons (Fsp3) is 0.778. The number of hydrogen-bond acceptors (Lipinski definition) is 6. The molecule has 0 bridgehead atoms. The molecule has 0 unspecified atom stereocenters. The second kappa shape index (κ2) is 5.55. The molecule has 1 heterocycles. The molecule has 0 aromatic rings. The predicted molar refractivity (Wildman–Crippen MR) is 49.9 cm³/mol. The molecule has 0 aliphatic carbocycles. The first-order chi connectivity index (χ1) is 7.11. The molecule has 0 aromatic carbocycles. The van der Waals surface area contributed by atoms with Gasteiger partial charge in [-0.05, 0) is 0 Å². The number of aliphatic hydroxyl groups is 4. The molecular weight excluding hydrogens is 204 g/mol. The van der Waals surface area contributed by atoms with Crippen LogP contribution in [0.1, 0.15) is 0 Å². The highest BCUT2D eigenvalue weighted by molar-refractivity contribution is 4.89. The molecule has 5 atom stereocenters. The van der Waals surface area contributed by atoms with Gasteiger partial charge in [-0.1, -0.05) is 6.08 Å². The van der Waals surface area contributed by atoms with E-state index in [1.807, 2.05) is 0 Å². The van der Waals surface area contributed by atoms with Gasteiger partial charge in [0.2, 0.25) is 0 Å². The van der Waals surface area contributed by atoms with Gasteiger partial charge in [-0.2, -0.15) is 0 Å². The zero-order valence-corrected chi connectivity index (χ0v) is 8.19. The predicted octanol–water partition coefficient (Wildman–Crippen LogP) is -2.01. The highest BCUT2D eigenvalue weighted by Crippen LogP contribution is 2.21. The van der Waals surface area contributed by atoms with Gasteiger partial charge in [0.25, 0.3) is 0 Å². The molecule has 0 saturated carbocycles. The first-order valence-electron chi connectivity index (χ1n) is 4.64. The van der Waals surface area contributed by atoms with E-state index >= 15 is 0 Å². The average molecular weight is 220 g/mol. The molecule has 0 spiro atoms. The van der Waals surface area contributed by atoms with Crippen LogP contribution in [0.5, 0.6) is 0 Å². The zero-order chi connectivity index (χ0) is 11.4. The second-order valence-corrected chi connectivity index (χ2v) is 3.32. The van der Waals surface area contributed by atoms with Gasteiger partial charge in [0.05, 0.1) is 13.2 Å². The van der Waals surface area contributed by atoms with Crippen molar-refractivity contribution in [2.75, 3.05) is 13.2 Å². The average Bonchev–Trinajstić information content (AvgIpc) is 2.25. The lowest BCUT2D eigenvalue weighted by Crippen LogP contribution is -2.59. The van der Waals surface area contributed by atoms with E-state index in [1.165, 1.54) is 6.08 Å². The molecule has 1 aliphatic heterocycles. The van der Waals surface area contributed by atoms with Crippen molar-refractivity contribution < 1.29 is 29.9 Å². The van der Waals surface area contributed by atoms with Crippen LogP contribution in [0.25, 0.3) is 0 Å². The van der Waals surface area contributed by atoms with Crippen molar-refractivity contribution in [3.05, 3.63) is 12.7 Å². The summed E-state index contributed by atoms with van der Waals surface area (Å²) in [6.45, 7) is 3.10. The van der Waals surface area contributed by atoms with Gasteiger partial charge < -0.3 is 29.9 Å². The summed E-state index contributed by atoms with van der Waals surface area (Å²) >= 11 is 0. The Labute approximate surface area is 87.4 Å². The molecule has 0 aromatic heterocycles. The van der Waals surface area contributed by atoms with E-state index in [1.54, 1.807) is 0 Å². The molecule has 6 heteroatoms. The summed E-state index contributed by atoms with van der Waals surface area (Å²) < 4.78 is 10.1. The van der Waals surface area contributed by atoms with E-state index in [9.17, 15) is 15.3 Å². The molecule has 6 nitrogen and oxygen atoms in total. The summed E-state index contributed by atoms with van der Waals surface area (Å²) in [6, 6.07) is 0. The number of rotatable bonds is 4. The third-order valence-corrected chi connectivity index (χ3v) is 2.23. The number of hydrogen-bond donors (Lipinski definition) is 4. The topological polar surface area (TPSA) is 99.4 Å². The molecule has 1 fully saturated rings. The van der Waals surface area contributed by atoms with Crippen molar-refractivity contribution in [2.24, 2.45) is 0 Å². The summed E-state index contributed by atoms with van der Waals surface area (Å²) in [5.74, 6) is 0. The Bertz CT molecular complexity index is 207. The van der Waals surface area contributed by atoms with Crippen LogP contribution < -0.4 is 0 Å². The van der Waals surface area contributed by atoms with Crippen molar-refractivity contribution in [3.8, 4) is 0 Å². The van der Waals surface area contributed by atoms with Crippen molar-refractivity contribution in [1.82, 2.24) is 0 Å². The van der Waals surface area contributed by atoms with E-state index in [0.29, 0.717) is 0 Å². The first kappa shape index (κ1) is 12.6. The van der Waals surface area contributed by atoms with Crippen molar-refractivity contribution in [2.45, 2.75) is 30.7 Å².